The van der Waals surface area contributed by atoms with Gasteiger partial charge in [-0.15, -0.1) is 6.42 Å². The number of terminal acetylenes is 1. The maximum Gasteiger partial charge on any atom is 0.352 e. The summed E-state index contributed by atoms with van der Waals surface area (Å²) in [5, 5.41) is 6.48. The monoisotopic (exact) mass is 432 g/mol. The molecule has 8 nitrogen and oxygen atoms in total. The number of aromatic nitrogens is 2. The molecule has 32 heavy (non-hydrogen) atoms. The van der Waals surface area contributed by atoms with Crippen molar-refractivity contribution < 1.29 is 9.53 Å². The van der Waals surface area contributed by atoms with Crippen LogP contribution in [-0.2, 0) is 6.61 Å². The van der Waals surface area contributed by atoms with Crippen molar-refractivity contribution in [3.05, 3.63) is 70.0 Å². The summed E-state index contributed by atoms with van der Waals surface area (Å²) in [5.41, 5.74) is 6.79. The van der Waals surface area contributed by atoms with Crippen molar-refractivity contribution >= 4 is 11.7 Å². The Morgan fingerprint density at radius 3 is 2.47 bits per heavy atom. The molecule has 2 aromatic carbocycles. The number of amides is 2. The van der Waals surface area contributed by atoms with E-state index in [-0.39, 0.29) is 6.61 Å². The number of ether oxygens (including phenoxy) is 1. The minimum Gasteiger partial charge on any atom is -0.489 e. The summed E-state index contributed by atoms with van der Waals surface area (Å²) in [5.74, 6) is 14.9. The van der Waals surface area contributed by atoms with Gasteiger partial charge in [-0.25, -0.2) is 26.2 Å². The van der Waals surface area contributed by atoms with E-state index in [0.717, 1.165) is 32.7 Å². The van der Waals surface area contributed by atoms with Crippen molar-refractivity contribution in [1.29, 1.82) is 0 Å². The normalized spacial score (nSPS) is 10.6. The largest absolute Gasteiger partial charge is 0.489 e. The van der Waals surface area contributed by atoms with E-state index in [4.69, 9.17) is 22.8 Å². The molecular formula is C24H28N6O2. The van der Waals surface area contributed by atoms with Crippen molar-refractivity contribution in [2.75, 3.05) is 12.1 Å². The smallest absolute Gasteiger partial charge is 0.352 e. The molecule has 166 valence electrons. The van der Waals surface area contributed by atoms with Crippen molar-refractivity contribution in [1.82, 2.24) is 14.8 Å². The number of hydrazine groups is 2. The van der Waals surface area contributed by atoms with Gasteiger partial charge < -0.3 is 4.74 Å². The van der Waals surface area contributed by atoms with Gasteiger partial charge in [-0.05, 0) is 69.2 Å². The van der Waals surface area contributed by atoms with Gasteiger partial charge in [-0.1, -0.05) is 12.0 Å². The summed E-state index contributed by atoms with van der Waals surface area (Å²) < 4.78 is 8.01. The molecule has 1 aromatic heterocycles. The first kappa shape index (κ1) is 22.9. The topological polar surface area (TPSA) is 103 Å². The Kier molecular flexibility index (Phi) is 6.53. The van der Waals surface area contributed by atoms with Crippen LogP contribution >= 0.6 is 0 Å². The minimum absolute atomic E-state index is 0.129. The second kappa shape index (κ2) is 9.14. The summed E-state index contributed by atoms with van der Waals surface area (Å²) in [6.07, 6.45) is 5.67. The number of carbonyl (C=O) groups excluding carboxylic acids is 1. The van der Waals surface area contributed by atoms with Crippen LogP contribution in [0, 0.1) is 40.0 Å². The summed E-state index contributed by atoms with van der Waals surface area (Å²) in [6, 6.07) is 10.5. The number of hydrogen-bond donors (Lipinski definition) is 2. The molecule has 0 radical (unpaired) electrons. The van der Waals surface area contributed by atoms with Crippen molar-refractivity contribution in [3.8, 4) is 23.8 Å². The zero-order valence-electron chi connectivity index (χ0n) is 19.0. The van der Waals surface area contributed by atoms with Crippen molar-refractivity contribution in [2.45, 2.75) is 34.3 Å². The molecule has 0 saturated carbocycles. The Labute approximate surface area is 188 Å². The molecule has 3 aromatic rings. The van der Waals surface area contributed by atoms with E-state index in [1.807, 2.05) is 43.7 Å². The van der Waals surface area contributed by atoms with Crippen LogP contribution < -0.4 is 21.4 Å². The molecule has 3 rings (SSSR count). The molecule has 2 amide bonds. The molecule has 0 saturated heterocycles. The van der Waals surface area contributed by atoms with Gasteiger partial charge in [0, 0.05) is 23.9 Å². The lowest BCUT2D eigenvalue weighted by Gasteiger charge is -2.24. The highest BCUT2D eigenvalue weighted by atomic mass is 16.5. The van der Waals surface area contributed by atoms with Gasteiger partial charge in [0.2, 0.25) is 0 Å². The second-order valence-electron chi connectivity index (χ2n) is 7.66. The number of carbonyl (C=O) groups is 1. The molecule has 0 bridgehead atoms. The number of nitrogens with two attached hydrogens (primary N) is 2. The van der Waals surface area contributed by atoms with E-state index in [1.54, 1.807) is 18.2 Å². The molecule has 0 spiro atoms. The predicted octanol–water partition coefficient (Wildman–Crippen LogP) is 3.27. The molecule has 8 heteroatoms. The molecule has 0 aliphatic heterocycles. The second-order valence-corrected chi connectivity index (χ2v) is 7.66. The Morgan fingerprint density at radius 1 is 1.19 bits per heavy atom. The van der Waals surface area contributed by atoms with Crippen LogP contribution in [0.3, 0.4) is 0 Å². The molecule has 0 aliphatic carbocycles. The Hall–Kier alpha value is -3.80. The molecule has 0 atom stereocenters. The number of nitrogens with zero attached hydrogens (tertiary/aromatic N) is 4. The van der Waals surface area contributed by atoms with Gasteiger partial charge in [-0.3, -0.25) is 5.01 Å². The maximum atomic E-state index is 12.2. The molecule has 0 unspecified atom stereocenters. The van der Waals surface area contributed by atoms with Gasteiger partial charge in [0.25, 0.3) is 0 Å². The zero-order chi connectivity index (χ0) is 23.6. The molecule has 1 heterocycles. The third-order valence-electron chi connectivity index (χ3n) is 5.50. The van der Waals surface area contributed by atoms with Gasteiger partial charge in [-0.2, -0.15) is 5.10 Å². The first-order chi connectivity index (χ1) is 15.1. The van der Waals surface area contributed by atoms with Gasteiger partial charge in [0.1, 0.15) is 12.4 Å². The number of aryl methyl sites for hydroxylation is 2. The van der Waals surface area contributed by atoms with Gasteiger partial charge >= 0.3 is 6.03 Å². The fourth-order valence-electron chi connectivity index (χ4n) is 3.41. The molecule has 0 aliphatic rings. The quantitative estimate of drug-likeness (QED) is 0.279. The first-order valence-corrected chi connectivity index (χ1v) is 10.1. The lowest BCUT2D eigenvalue weighted by Crippen LogP contribution is -2.49. The van der Waals surface area contributed by atoms with Crippen LogP contribution in [0.2, 0.25) is 0 Å². The maximum absolute atomic E-state index is 12.2. The third kappa shape index (κ3) is 4.30. The highest BCUT2D eigenvalue weighted by Crippen LogP contribution is 2.28. The van der Waals surface area contributed by atoms with Crippen LogP contribution in [0.15, 0.2) is 36.4 Å². The van der Waals surface area contributed by atoms with Crippen LogP contribution in [0.25, 0.3) is 5.69 Å². The Morgan fingerprint density at radius 2 is 1.91 bits per heavy atom. The summed E-state index contributed by atoms with van der Waals surface area (Å²) in [7, 11) is 1.42. The lowest BCUT2D eigenvalue weighted by atomic mass is 10.1. The van der Waals surface area contributed by atoms with E-state index in [9.17, 15) is 4.79 Å². The average molecular weight is 433 g/mol. The Balaban J connectivity index is 1.89. The molecule has 4 N–H and O–H groups in total. The van der Waals surface area contributed by atoms with E-state index in [1.165, 1.54) is 12.6 Å². The highest BCUT2D eigenvalue weighted by molar-refractivity contribution is 5.91. The number of rotatable bonds is 5. The van der Waals surface area contributed by atoms with E-state index in [0.29, 0.717) is 22.6 Å². The van der Waals surface area contributed by atoms with Crippen molar-refractivity contribution in [2.24, 2.45) is 11.7 Å². The summed E-state index contributed by atoms with van der Waals surface area (Å²) >= 11 is 0. The SMILES string of the molecule is C#Cc1cccc(N(N)C(=O)N(C)N)c1COc1ccc(-n2nc(C)c(C)c2C)cc1C. The average Bonchev–Trinajstić information content (AvgIpc) is 3.04. The fourth-order valence-corrected chi connectivity index (χ4v) is 3.41. The highest BCUT2D eigenvalue weighted by Gasteiger charge is 2.20. The molecular weight excluding hydrogens is 404 g/mol. The number of anilines is 1. The number of hydrogen-bond acceptors (Lipinski definition) is 5. The summed E-state index contributed by atoms with van der Waals surface area (Å²) in [4.78, 5) is 12.2. The lowest BCUT2D eigenvalue weighted by molar-refractivity contribution is 0.216. The number of benzene rings is 2. The Bertz CT molecular complexity index is 1210. The minimum atomic E-state index is -0.582. The van der Waals surface area contributed by atoms with Crippen LogP contribution in [-0.4, -0.2) is 27.9 Å². The molecule has 0 fully saturated rings. The summed E-state index contributed by atoms with van der Waals surface area (Å²) in [6.45, 7) is 8.20. The van der Waals surface area contributed by atoms with Crippen LogP contribution in [0.5, 0.6) is 5.75 Å². The number of urea groups is 1. The third-order valence-corrected chi connectivity index (χ3v) is 5.50. The van der Waals surface area contributed by atoms with Crippen molar-refractivity contribution in [3.63, 3.8) is 0 Å². The van der Waals surface area contributed by atoms with Crippen LogP contribution in [0.1, 0.15) is 33.6 Å². The fraction of sp³-hybridized carbons (Fsp3) is 0.250. The zero-order valence-corrected chi connectivity index (χ0v) is 19.0. The van der Waals surface area contributed by atoms with E-state index >= 15 is 0 Å². The van der Waals surface area contributed by atoms with E-state index in [2.05, 4.69) is 17.9 Å². The van der Waals surface area contributed by atoms with Gasteiger partial charge in [0.15, 0.2) is 0 Å². The van der Waals surface area contributed by atoms with Crippen LogP contribution in [0.4, 0.5) is 10.5 Å². The standard InChI is InChI=1S/C24H28N6O2/c1-7-19-9-8-10-22(29(26)24(31)28(6)25)21(19)14-32-23-12-11-20(13-15(23)2)30-18(5)16(3)17(4)27-30/h1,8-13H,14,25-26H2,2-6H3. The predicted molar refractivity (Wildman–Crippen MR) is 125 cm³/mol. The van der Waals surface area contributed by atoms with Gasteiger partial charge in [0.05, 0.1) is 17.1 Å². The van der Waals surface area contributed by atoms with E-state index < -0.39 is 6.03 Å². The first-order valence-electron chi connectivity index (χ1n) is 10.1.